The Morgan fingerprint density at radius 1 is 1.26 bits per heavy atom. The summed E-state index contributed by atoms with van der Waals surface area (Å²) in [6.07, 6.45) is 1.23. The summed E-state index contributed by atoms with van der Waals surface area (Å²) < 4.78 is 2.07. The van der Waals surface area contributed by atoms with Crippen molar-refractivity contribution in [3.05, 3.63) is 67.5 Å². The van der Waals surface area contributed by atoms with Crippen molar-refractivity contribution < 1.29 is 4.79 Å². The van der Waals surface area contributed by atoms with Crippen LogP contribution in [-0.2, 0) is 13.1 Å². The predicted molar refractivity (Wildman–Crippen MR) is 85.6 cm³/mol. The van der Waals surface area contributed by atoms with Gasteiger partial charge in [0, 0.05) is 18.3 Å². The fraction of sp³-hybridized carbons (Fsp3) is 0.294. The van der Waals surface area contributed by atoms with E-state index in [1.807, 2.05) is 19.1 Å². The third-order valence-electron chi connectivity index (χ3n) is 3.69. The molecule has 0 radical (unpaired) electrons. The number of carbonyl (C=O) groups is 1. The highest BCUT2D eigenvalue weighted by molar-refractivity contribution is 5.97. The highest BCUT2D eigenvalue weighted by atomic mass is 16.2. The number of hydrogen-bond acceptors (Lipinski definition) is 4. The van der Waals surface area contributed by atoms with Crippen molar-refractivity contribution in [2.75, 3.05) is 0 Å². The van der Waals surface area contributed by atoms with Crippen LogP contribution in [0.3, 0.4) is 0 Å². The lowest BCUT2D eigenvalue weighted by Crippen LogP contribution is -2.42. The Balaban J connectivity index is 2.54. The molecule has 0 fully saturated rings. The molecule has 0 saturated heterocycles. The Bertz CT molecular complexity index is 930. The van der Waals surface area contributed by atoms with Gasteiger partial charge in [-0.1, -0.05) is 17.7 Å². The molecule has 1 aromatic heterocycles. The number of aryl methyl sites for hydroxylation is 3. The van der Waals surface area contributed by atoms with Crippen molar-refractivity contribution >= 4 is 5.78 Å². The molecule has 0 aliphatic heterocycles. The van der Waals surface area contributed by atoms with Crippen molar-refractivity contribution in [2.24, 2.45) is 0 Å². The average Bonchev–Trinajstić information content (AvgIpc) is 2.53. The summed E-state index contributed by atoms with van der Waals surface area (Å²) in [4.78, 5) is 37.0. The molecule has 6 heteroatoms. The lowest BCUT2D eigenvalue weighted by atomic mass is 10.0. The van der Waals surface area contributed by atoms with Gasteiger partial charge in [0.15, 0.2) is 5.78 Å². The molecule has 0 aliphatic carbocycles. The molecule has 0 aliphatic rings. The molecule has 0 saturated carbocycles. The van der Waals surface area contributed by atoms with E-state index in [0.29, 0.717) is 12.1 Å². The Kier molecular flexibility index (Phi) is 4.60. The van der Waals surface area contributed by atoms with E-state index < -0.39 is 11.2 Å². The largest absolute Gasteiger partial charge is 0.331 e. The van der Waals surface area contributed by atoms with Crippen molar-refractivity contribution in [1.29, 1.82) is 5.26 Å². The molecule has 23 heavy (non-hydrogen) atoms. The van der Waals surface area contributed by atoms with Crippen molar-refractivity contribution in [2.45, 2.75) is 33.9 Å². The van der Waals surface area contributed by atoms with Crippen LogP contribution < -0.4 is 11.2 Å². The molecule has 1 heterocycles. The molecular weight excluding hydrogens is 294 g/mol. The molecule has 0 spiro atoms. The quantitative estimate of drug-likeness (QED) is 0.799. The van der Waals surface area contributed by atoms with Crippen LogP contribution in [0.5, 0.6) is 0 Å². The van der Waals surface area contributed by atoms with Crippen molar-refractivity contribution in [3.8, 4) is 6.07 Å². The molecule has 0 bridgehead atoms. The second-order valence-corrected chi connectivity index (χ2v) is 5.36. The number of carbonyl (C=O) groups excluding carboxylic acids is 1. The molecule has 2 aromatic rings. The SMILES string of the molecule is CCn1cc(C#N)c(=O)n(CC(=O)c2cc(C)ccc2C)c1=O. The van der Waals surface area contributed by atoms with Crippen LogP contribution >= 0.6 is 0 Å². The summed E-state index contributed by atoms with van der Waals surface area (Å²) in [5.41, 5.74) is 0.696. The topological polar surface area (TPSA) is 84.9 Å². The first-order valence-electron chi connectivity index (χ1n) is 7.23. The van der Waals surface area contributed by atoms with Crippen LogP contribution in [0.25, 0.3) is 0 Å². The molecule has 0 N–H and O–H groups in total. The smallest absolute Gasteiger partial charge is 0.299 e. The van der Waals surface area contributed by atoms with Gasteiger partial charge in [-0.2, -0.15) is 5.26 Å². The minimum Gasteiger partial charge on any atom is -0.299 e. The van der Waals surface area contributed by atoms with E-state index in [2.05, 4.69) is 0 Å². The molecule has 0 atom stereocenters. The summed E-state index contributed by atoms with van der Waals surface area (Å²) in [7, 11) is 0. The lowest BCUT2D eigenvalue weighted by molar-refractivity contribution is 0.0967. The van der Waals surface area contributed by atoms with Gasteiger partial charge in [0.25, 0.3) is 5.56 Å². The van der Waals surface area contributed by atoms with Gasteiger partial charge in [-0.05, 0) is 32.4 Å². The van der Waals surface area contributed by atoms with Crippen LogP contribution in [0.15, 0.2) is 34.0 Å². The summed E-state index contributed by atoms with van der Waals surface area (Å²) >= 11 is 0. The first-order chi connectivity index (χ1) is 10.9. The number of rotatable bonds is 4. The fourth-order valence-electron chi connectivity index (χ4n) is 2.36. The zero-order valence-corrected chi connectivity index (χ0v) is 13.3. The van der Waals surface area contributed by atoms with Gasteiger partial charge >= 0.3 is 5.69 Å². The average molecular weight is 311 g/mol. The summed E-state index contributed by atoms with van der Waals surface area (Å²) in [5.74, 6) is -0.330. The first kappa shape index (κ1) is 16.4. The molecule has 0 amide bonds. The number of aromatic nitrogens is 2. The molecule has 1 aromatic carbocycles. The minimum atomic E-state index is -0.735. The summed E-state index contributed by atoms with van der Waals surface area (Å²) in [6.45, 7) is 5.32. The van der Waals surface area contributed by atoms with E-state index in [0.717, 1.165) is 15.7 Å². The highest BCUT2D eigenvalue weighted by Crippen LogP contribution is 2.11. The minimum absolute atomic E-state index is 0.153. The molecule has 118 valence electrons. The Hall–Kier alpha value is -2.94. The molecular formula is C17H17N3O3. The number of nitrogens with zero attached hydrogens (tertiary/aromatic N) is 3. The number of ketones is 1. The van der Waals surface area contributed by atoms with E-state index in [-0.39, 0.29) is 17.9 Å². The monoisotopic (exact) mass is 311 g/mol. The maximum Gasteiger partial charge on any atom is 0.331 e. The second kappa shape index (κ2) is 6.44. The second-order valence-electron chi connectivity index (χ2n) is 5.36. The Morgan fingerprint density at radius 3 is 2.57 bits per heavy atom. The van der Waals surface area contributed by atoms with E-state index in [1.54, 1.807) is 26.0 Å². The molecule has 0 unspecified atom stereocenters. The third-order valence-corrected chi connectivity index (χ3v) is 3.69. The molecule has 2 rings (SSSR count). The van der Waals surface area contributed by atoms with Crippen LogP contribution in [-0.4, -0.2) is 14.9 Å². The van der Waals surface area contributed by atoms with Gasteiger partial charge in [0.05, 0.1) is 6.54 Å². The van der Waals surface area contributed by atoms with Crippen LogP contribution in [0.1, 0.15) is 34.0 Å². The van der Waals surface area contributed by atoms with Gasteiger partial charge in [-0.25, -0.2) is 4.79 Å². The fourth-order valence-corrected chi connectivity index (χ4v) is 2.36. The van der Waals surface area contributed by atoms with E-state index in [1.165, 1.54) is 10.8 Å². The zero-order valence-electron chi connectivity index (χ0n) is 13.3. The number of hydrogen-bond donors (Lipinski definition) is 0. The van der Waals surface area contributed by atoms with Crippen LogP contribution in [0.2, 0.25) is 0 Å². The van der Waals surface area contributed by atoms with Gasteiger partial charge in [-0.15, -0.1) is 0 Å². The number of benzene rings is 1. The maximum absolute atomic E-state index is 12.5. The van der Waals surface area contributed by atoms with Crippen molar-refractivity contribution in [1.82, 2.24) is 9.13 Å². The van der Waals surface area contributed by atoms with E-state index in [4.69, 9.17) is 5.26 Å². The number of nitriles is 1. The van der Waals surface area contributed by atoms with E-state index in [9.17, 15) is 14.4 Å². The summed E-state index contributed by atoms with van der Waals surface area (Å²) in [5, 5.41) is 9.02. The lowest BCUT2D eigenvalue weighted by Gasteiger charge is -2.10. The van der Waals surface area contributed by atoms with Crippen LogP contribution in [0.4, 0.5) is 0 Å². The van der Waals surface area contributed by atoms with Gasteiger partial charge in [-0.3, -0.25) is 18.7 Å². The maximum atomic E-state index is 12.5. The summed E-state index contributed by atoms with van der Waals surface area (Å²) in [6, 6.07) is 7.21. The zero-order chi connectivity index (χ0) is 17.1. The normalized spacial score (nSPS) is 10.3. The standard InChI is InChI=1S/C17H17N3O3/c1-4-19-9-13(8-18)16(22)20(17(19)23)10-15(21)14-7-11(2)5-6-12(14)3/h5-7,9H,4,10H2,1-3H3. The molecule has 6 nitrogen and oxygen atoms in total. The van der Waals surface area contributed by atoms with Crippen LogP contribution in [0, 0.1) is 25.2 Å². The highest BCUT2D eigenvalue weighted by Gasteiger charge is 2.16. The van der Waals surface area contributed by atoms with E-state index >= 15 is 0 Å². The predicted octanol–water partition coefficient (Wildman–Crippen LogP) is 1.40. The first-order valence-corrected chi connectivity index (χ1v) is 7.23. The Labute approximate surface area is 133 Å². The van der Waals surface area contributed by atoms with Gasteiger partial charge < -0.3 is 0 Å². The van der Waals surface area contributed by atoms with Gasteiger partial charge in [0.2, 0.25) is 0 Å². The Morgan fingerprint density at radius 2 is 1.96 bits per heavy atom. The third kappa shape index (κ3) is 3.14. The number of Topliss-reactive ketones (excluding diaryl/α,β-unsaturated/α-hetero) is 1. The van der Waals surface area contributed by atoms with Crippen molar-refractivity contribution in [3.63, 3.8) is 0 Å². The van der Waals surface area contributed by atoms with Gasteiger partial charge in [0.1, 0.15) is 11.6 Å².